The lowest BCUT2D eigenvalue weighted by Crippen LogP contribution is -2.49. The van der Waals surface area contributed by atoms with Crippen molar-refractivity contribution in [2.24, 2.45) is 0 Å². The molecule has 1 fully saturated rings. The summed E-state index contributed by atoms with van der Waals surface area (Å²) in [5, 5.41) is 3.88. The standard InChI is InChI=1S/C28H31N5O4S2/c1-6-22(34)32-15-7-8-18(16-32)31-26(35)25-24-23-21(13-14-29-27(23)38-25)33(17(2)30-24)19-9-11-20(12-10-19)39(36,37)28(3,4)5/h6,9-14,18,30H,1-2,7-8,15-16H2,3-5H3,(H,31,35)/t18-/m1/s1. The number of thiophene rings is 1. The normalized spacial score (nSPS) is 16.5. The third-order valence-corrected chi connectivity index (χ3v) is 10.6. The van der Waals surface area contributed by atoms with Gasteiger partial charge in [-0.3, -0.25) is 14.2 Å². The first-order valence-electron chi connectivity index (χ1n) is 12.7. The maximum atomic E-state index is 13.4. The summed E-state index contributed by atoms with van der Waals surface area (Å²) in [6, 6.07) is 8.41. The van der Waals surface area contributed by atoms with E-state index in [-0.39, 0.29) is 22.8 Å². The summed E-state index contributed by atoms with van der Waals surface area (Å²) in [5.41, 5.74) is 2.68. The van der Waals surface area contributed by atoms with Crippen LogP contribution in [-0.2, 0) is 14.6 Å². The van der Waals surface area contributed by atoms with Crippen LogP contribution >= 0.6 is 11.3 Å². The van der Waals surface area contributed by atoms with Crippen LogP contribution in [0.25, 0.3) is 33.5 Å². The first-order chi connectivity index (χ1) is 18.4. The van der Waals surface area contributed by atoms with Crippen LogP contribution in [0.15, 0.2) is 54.1 Å². The number of aromatic amines is 1. The van der Waals surface area contributed by atoms with E-state index < -0.39 is 14.6 Å². The molecule has 2 amide bonds. The zero-order valence-corrected chi connectivity index (χ0v) is 23.8. The van der Waals surface area contributed by atoms with Crippen LogP contribution in [0.1, 0.15) is 43.3 Å². The van der Waals surface area contributed by atoms with Gasteiger partial charge in [0.15, 0.2) is 9.84 Å². The number of rotatable bonds is 5. The number of aromatic nitrogens is 3. The summed E-state index contributed by atoms with van der Waals surface area (Å²) in [4.78, 5) is 36.4. The summed E-state index contributed by atoms with van der Waals surface area (Å²) in [6.45, 7) is 13.9. The summed E-state index contributed by atoms with van der Waals surface area (Å²) >= 11 is 1.29. The summed E-state index contributed by atoms with van der Waals surface area (Å²) in [7, 11) is -3.49. The number of H-pyrrole nitrogens is 1. The number of likely N-dealkylation sites (tertiary alicyclic amines) is 1. The molecule has 204 valence electrons. The number of nitrogens with zero attached hydrogens (tertiary/aromatic N) is 3. The zero-order valence-electron chi connectivity index (χ0n) is 22.2. The summed E-state index contributed by atoms with van der Waals surface area (Å²) < 4.78 is 26.7. The first-order valence-corrected chi connectivity index (χ1v) is 15.0. The van der Waals surface area contributed by atoms with E-state index >= 15 is 0 Å². The molecule has 4 aromatic rings. The fourth-order valence-electron chi connectivity index (χ4n) is 4.92. The Labute approximate surface area is 230 Å². The van der Waals surface area contributed by atoms with E-state index in [1.54, 1.807) is 56.1 Å². The van der Waals surface area contributed by atoms with E-state index in [4.69, 9.17) is 0 Å². The second-order valence-corrected chi connectivity index (χ2v) is 14.3. The van der Waals surface area contributed by atoms with Gasteiger partial charge in [0.05, 0.1) is 26.1 Å². The lowest BCUT2D eigenvalue weighted by molar-refractivity contribution is -0.127. The number of carbonyl (C=O) groups is 2. The molecule has 1 aromatic carbocycles. The second-order valence-electron chi connectivity index (χ2n) is 10.6. The minimum Gasteiger partial charge on any atom is -0.347 e. The molecule has 1 aliphatic rings. The van der Waals surface area contributed by atoms with Crippen LogP contribution in [0.2, 0.25) is 0 Å². The highest BCUT2D eigenvalue weighted by Crippen LogP contribution is 2.34. The van der Waals surface area contributed by atoms with Crippen molar-refractivity contribution in [3.63, 3.8) is 0 Å². The van der Waals surface area contributed by atoms with Crippen LogP contribution in [-0.4, -0.2) is 63.5 Å². The van der Waals surface area contributed by atoms with Crippen molar-refractivity contribution in [1.82, 2.24) is 24.8 Å². The van der Waals surface area contributed by atoms with Crippen LogP contribution in [0, 0.1) is 0 Å². The SMILES string of the molecule is C=CC(=O)N1CCC[C@@H](NC(=O)c2sc3nccc4c3c2[nH]c(=C)n4-c2ccc(S(=O)(=O)C(C)(C)C)cc2)C1. The number of nitrogens with one attached hydrogen (secondary N) is 2. The van der Waals surface area contributed by atoms with Gasteiger partial charge in [-0.1, -0.05) is 13.2 Å². The molecule has 1 atom stereocenters. The molecule has 39 heavy (non-hydrogen) atoms. The monoisotopic (exact) mass is 565 g/mol. The zero-order chi connectivity index (χ0) is 28.1. The highest BCUT2D eigenvalue weighted by atomic mass is 32.2. The minimum atomic E-state index is -3.49. The van der Waals surface area contributed by atoms with Gasteiger partial charge in [0.2, 0.25) is 5.91 Å². The third-order valence-electron chi connectivity index (χ3n) is 7.01. The quantitative estimate of drug-likeness (QED) is 0.358. The number of sulfone groups is 1. The van der Waals surface area contributed by atoms with Crippen molar-refractivity contribution < 1.29 is 18.0 Å². The molecule has 1 aliphatic heterocycles. The molecule has 0 radical (unpaired) electrons. The fourth-order valence-corrected chi connectivity index (χ4v) is 7.14. The minimum absolute atomic E-state index is 0.137. The molecule has 3 aromatic heterocycles. The fraction of sp³-hybridized carbons (Fsp3) is 0.321. The van der Waals surface area contributed by atoms with Gasteiger partial charge in [-0.15, -0.1) is 11.3 Å². The lowest BCUT2D eigenvalue weighted by Gasteiger charge is -2.32. The van der Waals surface area contributed by atoms with Crippen molar-refractivity contribution in [2.45, 2.75) is 49.3 Å². The Balaban J connectivity index is 1.52. The number of benzene rings is 1. The average molecular weight is 566 g/mol. The Hall–Kier alpha value is -3.70. The molecule has 0 unspecified atom stereocenters. The van der Waals surface area contributed by atoms with Gasteiger partial charge in [0.25, 0.3) is 5.91 Å². The van der Waals surface area contributed by atoms with Crippen LogP contribution < -0.4 is 10.8 Å². The van der Waals surface area contributed by atoms with Gasteiger partial charge in [0.1, 0.15) is 15.2 Å². The van der Waals surface area contributed by atoms with Crippen molar-refractivity contribution >= 4 is 60.8 Å². The molecule has 0 spiro atoms. The molecule has 9 nitrogen and oxygen atoms in total. The predicted octanol–water partition coefficient (Wildman–Crippen LogP) is 3.74. The highest BCUT2D eigenvalue weighted by Gasteiger charge is 2.31. The van der Waals surface area contributed by atoms with Gasteiger partial charge in [-0.2, -0.15) is 0 Å². The van der Waals surface area contributed by atoms with Crippen LogP contribution in [0.3, 0.4) is 0 Å². The molecular weight excluding hydrogens is 534 g/mol. The third kappa shape index (κ3) is 4.70. The van der Waals surface area contributed by atoms with E-state index in [0.717, 1.165) is 29.4 Å². The average Bonchev–Trinajstić information content (AvgIpc) is 3.27. The van der Waals surface area contributed by atoms with Crippen LogP contribution in [0.4, 0.5) is 0 Å². The topological polar surface area (TPSA) is 117 Å². The maximum absolute atomic E-state index is 13.4. The van der Waals surface area contributed by atoms with Gasteiger partial charge in [-0.25, -0.2) is 13.4 Å². The van der Waals surface area contributed by atoms with Crippen molar-refractivity contribution in [3.05, 3.63) is 59.5 Å². The predicted molar refractivity (Wildman–Crippen MR) is 155 cm³/mol. The van der Waals surface area contributed by atoms with Crippen molar-refractivity contribution in [3.8, 4) is 5.69 Å². The van der Waals surface area contributed by atoms with E-state index in [1.165, 1.54) is 17.4 Å². The first kappa shape index (κ1) is 26.9. The van der Waals surface area contributed by atoms with Crippen molar-refractivity contribution in [2.75, 3.05) is 13.1 Å². The number of hydrogen-bond acceptors (Lipinski definition) is 6. The molecule has 11 heteroatoms. The molecule has 0 saturated carbocycles. The molecule has 0 aliphatic carbocycles. The number of amides is 2. The van der Waals surface area contributed by atoms with Gasteiger partial charge >= 0.3 is 0 Å². The molecule has 5 rings (SSSR count). The Morgan fingerprint density at radius 3 is 2.59 bits per heavy atom. The van der Waals surface area contributed by atoms with E-state index in [9.17, 15) is 18.0 Å². The number of piperidine rings is 1. The van der Waals surface area contributed by atoms with Gasteiger partial charge in [0, 0.05) is 31.0 Å². The maximum Gasteiger partial charge on any atom is 0.263 e. The Morgan fingerprint density at radius 1 is 1.21 bits per heavy atom. The smallest absolute Gasteiger partial charge is 0.263 e. The molecule has 1 saturated heterocycles. The molecule has 4 heterocycles. The Morgan fingerprint density at radius 2 is 1.92 bits per heavy atom. The summed E-state index contributed by atoms with van der Waals surface area (Å²) in [6.07, 6.45) is 4.57. The lowest BCUT2D eigenvalue weighted by atomic mass is 10.1. The highest BCUT2D eigenvalue weighted by molar-refractivity contribution is 7.92. The van der Waals surface area contributed by atoms with Crippen LogP contribution in [0.5, 0.6) is 0 Å². The molecular formula is C28H31N5O4S2. The number of hydrogen-bond donors (Lipinski definition) is 2. The van der Waals surface area contributed by atoms with E-state index in [0.29, 0.717) is 33.8 Å². The van der Waals surface area contributed by atoms with Crippen molar-refractivity contribution in [1.29, 1.82) is 0 Å². The largest absolute Gasteiger partial charge is 0.347 e. The number of carbonyl (C=O) groups excluding carboxylic acids is 2. The Bertz CT molecular complexity index is 1770. The van der Waals surface area contributed by atoms with Gasteiger partial charge < -0.3 is 15.2 Å². The van der Waals surface area contributed by atoms with E-state index in [1.807, 2.05) is 10.6 Å². The Kier molecular flexibility index (Phi) is 6.76. The molecule has 2 N–H and O–H groups in total. The van der Waals surface area contributed by atoms with E-state index in [2.05, 4.69) is 28.4 Å². The van der Waals surface area contributed by atoms with Gasteiger partial charge in [-0.05, 0) is 70.0 Å². The number of pyridine rings is 1. The second kappa shape index (κ2) is 9.80. The summed E-state index contributed by atoms with van der Waals surface area (Å²) in [5.74, 6) is -0.371. The molecule has 0 bridgehead atoms.